The van der Waals surface area contributed by atoms with Crippen LogP contribution in [0.15, 0.2) is 47.6 Å². The average molecular weight is 672 g/mol. The number of aromatic nitrogens is 4. The number of alkyl halides is 3. The van der Waals surface area contributed by atoms with Crippen molar-refractivity contribution < 1.29 is 35.9 Å². The molecule has 1 aliphatic carbocycles. The van der Waals surface area contributed by atoms with Gasteiger partial charge in [-0.2, -0.15) is 21.6 Å². The summed E-state index contributed by atoms with van der Waals surface area (Å²) in [6, 6.07) is 8.43. The first kappa shape index (κ1) is 32.9. The molecular formula is C28H33ClF3N7O5S. The van der Waals surface area contributed by atoms with Gasteiger partial charge in [0.1, 0.15) is 11.0 Å². The Bertz CT molecular complexity index is 1650. The molecule has 3 aromatic rings. The van der Waals surface area contributed by atoms with E-state index in [-0.39, 0.29) is 70.8 Å². The molecule has 3 aromatic heterocycles. The van der Waals surface area contributed by atoms with Crippen LogP contribution in [0.25, 0.3) is 5.82 Å². The van der Waals surface area contributed by atoms with Crippen molar-refractivity contribution in [1.82, 2.24) is 29.8 Å². The first-order valence-corrected chi connectivity index (χ1v) is 16.1. The molecular weight excluding hydrogens is 639 g/mol. The summed E-state index contributed by atoms with van der Waals surface area (Å²) in [4.78, 5) is 21.0. The molecule has 4 heterocycles. The highest BCUT2D eigenvalue weighted by Crippen LogP contribution is 2.59. The molecule has 1 saturated heterocycles. The maximum Gasteiger partial charge on any atom is 0.394 e. The van der Waals surface area contributed by atoms with E-state index < -0.39 is 27.5 Å². The Balaban J connectivity index is 1.14. The van der Waals surface area contributed by atoms with Crippen molar-refractivity contribution in [2.75, 3.05) is 31.6 Å². The van der Waals surface area contributed by atoms with Gasteiger partial charge in [-0.05, 0) is 63.8 Å². The van der Waals surface area contributed by atoms with Crippen LogP contribution in [0.2, 0.25) is 5.15 Å². The van der Waals surface area contributed by atoms with Crippen LogP contribution in [0.5, 0.6) is 5.88 Å². The Hall–Kier alpha value is -3.47. The number of nitrogens with zero attached hydrogens (tertiary/aromatic N) is 4. The van der Waals surface area contributed by atoms with Crippen LogP contribution in [-0.4, -0.2) is 78.2 Å². The van der Waals surface area contributed by atoms with Crippen molar-refractivity contribution in [1.29, 1.82) is 0 Å². The zero-order valence-electron chi connectivity index (χ0n) is 24.5. The second kappa shape index (κ2) is 12.7. The van der Waals surface area contributed by atoms with Gasteiger partial charge in [0.05, 0.1) is 30.3 Å². The number of carbonyl (C=O) groups is 1. The lowest BCUT2D eigenvalue weighted by Gasteiger charge is -2.18. The Kier molecular flexibility index (Phi) is 9.31. The molecule has 0 aromatic carbocycles. The molecule has 17 heteroatoms. The van der Waals surface area contributed by atoms with Gasteiger partial charge < -0.3 is 20.1 Å². The third-order valence-electron chi connectivity index (χ3n) is 7.70. The largest absolute Gasteiger partial charge is 0.477 e. The molecule has 2 fully saturated rings. The fraction of sp³-hybridized carbons (Fsp3) is 0.500. The van der Waals surface area contributed by atoms with Crippen LogP contribution in [0.4, 0.5) is 19.0 Å². The molecule has 2 aliphatic rings. The highest BCUT2D eigenvalue weighted by molar-refractivity contribution is 7.90. The van der Waals surface area contributed by atoms with Gasteiger partial charge in [0.25, 0.3) is 15.9 Å². The van der Waals surface area contributed by atoms with Crippen LogP contribution in [0.3, 0.4) is 0 Å². The van der Waals surface area contributed by atoms with Gasteiger partial charge in [-0.3, -0.25) is 4.79 Å². The van der Waals surface area contributed by atoms with Gasteiger partial charge in [-0.15, -0.1) is 5.10 Å². The van der Waals surface area contributed by atoms with Gasteiger partial charge in [-0.1, -0.05) is 17.7 Å². The Morgan fingerprint density at radius 1 is 1.16 bits per heavy atom. The van der Waals surface area contributed by atoms with Crippen molar-refractivity contribution in [3.8, 4) is 11.7 Å². The van der Waals surface area contributed by atoms with Gasteiger partial charge >= 0.3 is 6.18 Å². The van der Waals surface area contributed by atoms with Gasteiger partial charge in [0.2, 0.25) is 5.88 Å². The minimum atomic E-state index is -4.37. The van der Waals surface area contributed by atoms with Crippen molar-refractivity contribution in [2.24, 2.45) is 5.41 Å². The van der Waals surface area contributed by atoms with Gasteiger partial charge in [0, 0.05) is 30.9 Å². The number of hydrogen-bond acceptors (Lipinski definition) is 10. The molecule has 5 rings (SSSR count). The number of amides is 1. The number of anilines is 1. The van der Waals surface area contributed by atoms with Crippen molar-refractivity contribution in [3.63, 3.8) is 0 Å². The van der Waals surface area contributed by atoms with E-state index in [2.05, 4.69) is 39.5 Å². The SMILES string of the molecule is CC1(C)CC(OCCNc2cccc(S(=O)(=O)NC(=O)c3ccc(-n4ccc(OCCC5(C(F)(F)F)CC5)n4)nc3Cl)n2)CN1. The average Bonchev–Trinajstić information content (AvgIpc) is 3.49. The molecule has 1 unspecified atom stereocenters. The standard InChI is InChI=1S/C28H33ClF3N7O5S/c1-26(2)16-18(17-34-26)43-15-12-33-20-4-3-5-23(35-20)45(41,42)38-25(40)19-6-7-21(36-24(19)29)39-13-8-22(37-39)44-14-11-27(9-10-27)28(30,31)32/h3-8,13,18,34H,9-12,14-17H2,1-2H3,(H,33,35)(H,38,40). The number of nitrogens with one attached hydrogen (secondary N) is 3. The normalized spacial score (nSPS) is 18.8. The smallest absolute Gasteiger partial charge is 0.394 e. The third kappa shape index (κ3) is 8.04. The second-order valence-corrected chi connectivity index (χ2v) is 13.7. The van der Waals surface area contributed by atoms with Crippen LogP contribution in [0, 0.1) is 5.41 Å². The van der Waals surface area contributed by atoms with Crippen molar-refractivity contribution in [3.05, 3.63) is 53.3 Å². The summed E-state index contributed by atoms with van der Waals surface area (Å²) >= 11 is 6.21. The van der Waals surface area contributed by atoms with Crippen LogP contribution in [0.1, 0.15) is 49.9 Å². The number of rotatable bonds is 13. The molecule has 1 amide bonds. The summed E-state index contributed by atoms with van der Waals surface area (Å²) in [6.45, 7) is 5.62. The summed E-state index contributed by atoms with van der Waals surface area (Å²) in [6.07, 6.45) is -1.81. The third-order valence-corrected chi connectivity index (χ3v) is 9.22. The van der Waals surface area contributed by atoms with Crippen LogP contribution >= 0.6 is 11.6 Å². The molecule has 1 aliphatic heterocycles. The predicted molar refractivity (Wildman–Crippen MR) is 158 cm³/mol. The number of halogens is 4. The Labute approximate surface area is 263 Å². The maximum atomic E-state index is 13.1. The van der Waals surface area contributed by atoms with Crippen LogP contribution in [-0.2, 0) is 14.8 Å². The van der Waals surface area contributed by atoms with E-state index in [9.17, 15) is 26.4 Å². The summed E-state index contributed by atoms with van der Waals surface area (Å²) < 4.78 is 79.6. The van der Waals surface area contributed by atoms with E-state index in [1.165, 1.54) is 41.2 Å². The minimum absolute atomic E-state index is 0.0284. The van der Waals surface area contributed by atoms with E-state index >= 15 is 0 Å². The number of ether oxygens (including phenoxy) is 2. The first-order valence-electron chi connectivity index (χ1n) is 14.2. The van der Waals surface area contributed by atoms with Crippen LogP contribution < -0.4 is 20.1 Å². The first-order chi connectivity index (χ1) is 21.2. The van der Waals surface area contributed by atoms with Gasteiger partial charge in [0.15, 0.2) is 10.8 Å². The zero-order valence-corrected chi connectivity index (χ0v) is 26.1. The molecule has 3 N–H and O–H groups in total. The lowest BCUT2D eigenvalue weighted by atomic mass is 10.0. The van der Waals surface area contributed by atoms with E-state index in [0.717, 1.165) is 13.0 Å². The molecule has 0 radical (unpaired) electrons. The highest BCUT2D eigenvalue weighted by Gasteiger charge is 2.62. The van der Waals surface area contributed by atoms with E-state index in [1.807, 2.05) is 4.72 Å². The van der Waals surface area contributed by atoms with Crippen molar-refractivity contribution in [2.45, 2.75) is 62.4 Å². The summed E-state index contributed by atoms with van der Waals surface area (Å²) in [5, 5.41) is 9.85. The maximum absolute atomic E-state index is 13.1. The molecule has 45 heavy (non-hydrogen) atoms. The van der Waals surface area contributed by atoms with E-state index in [4.69, 9.17) is 21.1 Å². The predicted octanol–water partition coefficient (Wildman–Crippen LogP) is 4.11. The monoisotopic (exact) mass is 671 g/mol. The van der Waals surface area contributed by atoms with E-state index in [0.29, 0.717) is 13.2 Å². The fourth-order valence-corrected chi connectivity index (χ4v) is 6.10. The number of pyridine rings is 2. The quantitative estimate of drug-likeness (QED) is 0.179. The van der Waals surface area contributed by atoms with Gasteiger partial charge in [-0.25, -0.2) is 19.4 Å². The fourth-order valence-electron chi connectivity index (χ4n) is 4.93. The molecule has 0 spiro atoms. The highest BCUT2D eigenvalue weighted by atomic mass is 35.5. The summed E-state index contributed by atoms with van der Waals surface area (Å²) in [7, 11) is -4.37. The van der Waals surface area contributed by atoms with E-state index in [1.54, 1.807) is 6.07 Å². The molecule has 1 saturated carbocycles. The zero-order chi connectivity index (χ0) is 32.5. The molecule has 0 bridgehead atoms. The summed E-state index contributed by atoms with van der Waals surface area (Å²) in [5.74, 6) is -0.479. The molecule has 12 nitrogen and oxygen atoms in total. The summed E-state index contributed by atoms with van der Waals surface area (Å²) in [5.41, 5.74) is -1.87. The number of sulfonamides is 1. The molecule has 1 atom stereocenters. The van der Waals surface area contributed by atoms with Crippen molar-refractivity contribution >= 4 is 33.3 Å². The Morgan fingerprint density at radius 2 is 1.93 bits per heavy atom. The topological polar surface area (TPSA) is 149 Å². The lowest BCUT2D eigenvalue weighted by molar-refractivity contribution is -0.190. The number of carbonyl (C=O) groups excluding carboxylic acids is 1. The lowest BCUT2D eigenvalue weighted by Crippen LogP contribution is -2.31. The second-order valence-electron chi connectivity index (χ2n) is 11.7. The Morgan fingerprint density at radius 3 is 2.60 bits per heavy atom. The molecule has 244 valence electrons. The number of hydrogen-bond donors (Lipinski definition) is 3. The minimum Gasteiger partial charge on any atom is -0.477 e.